The molecule has 0 fully saturated rings. The van der Waals surface area contributed by atoms with E-state index in [0.29, 0.717) is 29.7 Å². The maximum atomic E-state index is 13.7. The van der Waals surface area contributed by atoms with E-state index in [1.165, 1.54) is 0 Å². The first-order chi connectivity index (χ1) is 17.0. The van der Waals surface area contributed by atoms with Gasteiger partial charge in [-0.25, -0.2) is 4.79 Å². The molecule has 4 aromatic rings. The molecule has 1 aliphatic rings. The smallest absolute Gasteiger partial charge is 0.272 e. The van der Waals surface area contributed by atoms with Gasteiger partial charge < -0.3 is 0 Å². The highest BCUT2D eigenvalue weighted by atomic mass is 16.2. The molecule has 9 nitrogen and oxygen atoms in total. The fourth-order valence-electron chi connectivity index (χ4n) is 4.58. The molecule has 0 saturated carbocycles. The van der Waals surface area contributed by atoms with Gasteiger partial charge in [-0.3, -0.25) is 30.2 Å². The van der Waals surface area contributed by atoms with Crippen molar-refractivity contribution in [2.24, 2.45) is 0 Å². The van der Waals surface area contributed by atoms with Crippen molar-refractivity contribution in [3.05, 3.63) is 128 Å². The third-order valence-electron chi connectivity index (χ3n) is 6.28. The molecule has 35 heavy (non-hydrogen) atoms. The van der Waals surface area contributed by atoms with E-state index >= 15 is 0 Å². The van der Waals surface area contributed by atoms with Gasteiger partial charge in [0.15, 0.2) is 0 Å². The van der Waals surface area contributed by atoms with Crippen molar-refractivity contribution >= 4 is 11.8 Å². The summed E-state index contributed by atoms with van der Waals surface area (Å²) < 4.78 is 1.07. The Kier molecular flexibility index (Phi) is 5.58. The van der Waals surface area contributed by atoms with Crippen LogP contribution in [0.3, 0.4) is 0 Å². The Morgan fingerprint density at radius 2 is 1.60 bits per heavy atom. The number of carbonyl (C=O) groups is 2. The van der Waals surface area contributed by atoms with E-state index in [-0.39, 0.29) is 5.91 Å². The number of nitrogens with zero attached hydrogens (tertiary/aromatic N) is 2. The van der Waals surface area contributed by atoms with Crippen LogP contribution >= 0.6 is 0 Å². The second-order valence-corrected chi connectivity index (χ2v) is 8.23. The SMILES string of the molecule is O=C(NNC(=O)C1(c2ccc(-n3ncc(=O)[nH]c3=O)cc2)CCc2ccccc21)c1ccccc1. The van der Waals surface area contributed by atoms with Gasteiger partial charge in [0.05, 0.1) is 5.69 Å². The average molecular weight is 467 g/mol. The molecule has 5 rings (SSSR count). The van der Waals surface area contributed by atoms with E-state index in [1.54, 1.807) is 54.6 Å². The lowest BCUT2D eigenvalue weighted by Gasteiger charge is -2.30. The van der Waals surface area contributed by atoms with Crippen LogP contribution in [0.5, 0.6) is 0 Å². The first-order valence-electron chi connectivity index (χ1n) is 11.0. The molecular formula is C26H21N5O4. The number of aryl methyl sites for hydroxylation is 1. The number of carbonyl (C=O) groups excluding carboxylic acids is 2. The molecule has 0 bridgehead atoms. The molecule has 1 aromatic heterocycles. The highest BCUT2D eigenvalue weighted by Crippen LogP contribution is 2.44. The van der Waals surface area contributed by atoms with Crippen LogP contribution in [0.1, 0.15) is 33.5 Å². The van der Waals surface area contributed by atoms with E-state index in [0.717, 1.165) is 22.0 Å². The minimum atomic E-state index is -1.04. The van der Waals surface area contributed by atoms with Crippen molar-refractivity contribution in [3.8, 4) is 5.69 Å². The second-order valence-electron chi connectivity index (χ2n) is 8.23. The molecule has 0 radical (unpaired) electrons. The largest absolute Gasteiger partial charge is 0.349 e. The van der Waals surface area contributed by atoms with Gasteiger partial charge in [-0.1, -0.05) is 54.6 Å². The first kappa shape index (κ1) is 22.0. The first-order valence-corrected chi connectivity index (χ1v) is 11.0. The molecule has 2 amide bonds. The standard InChI is InChI=1S/C26H21N5O4/c32-22-16-27-31(25(35)28-22)20-12-10-19(11-13-20)26(15-14-17-6-4-5-9-21(17)26)24(34)30-29-23(33)18-7-2-1-3-8-18/h1-13,16H,14-15H2,(H,29,33)(H,30,34)(H,28,32,35). The molecule has 3 aromatic carbocycles. The van der Waals surface area contributed by atoms with Crippen molar-refractivity contribution in [2.45, 2.75) is 18.3 Å². The fraction of sp³-hybridized carbons (Fsp3) is 0.115. The number of aromatic amines is 1. The Morgan fingerprint density at radius 1 is 0.886 bits per heavy atom. The number of aromatic nitrogens is 3. The Labute approximate surface area is 199 Å². The summed E-state index contributed by atoms with van der Waals surface area (Å²) in [6.45, 7) is 0. The monoisotopic (exact) mass is 467 g/mol. The Bertz CT molecular complexity index is 1530. The van der Waals surface area contributed by atoms with Crippen LogP contribution < -0.4 is 22.1 Å². The quantitative estimate of drug-likeness (QED) is 0.393. The van der Waals surface area contributed by atoms with Crippen LogP contribution in [-0.4, -0.2) is 26.6 Å². The van der Waals surface area contributed by atoms with Crippen LogP contribution in [0.15, 0.2) is 94.6 Å². The van der Waals surface area contributed by atoms with Crippen LogP contribution in [-0.2, 0) is 16.6 Å². The van der Waals surface area contributed by atoms with Gasteiger partial charge in [-0.2, -0.15) is 9.78 Å². The fourth-order valence-corrected chi connectivity index (χ4v) is 4.58. The summed E-state index contributed by atoms with van der Waals surface area (Å²) in [5, 5.41) is 3.87. The highest BCUT2D eigenvalue weighted by Gasteiger charge is 2.46. The Morgan fingerprint density at radius 3 is 2.34 bits per heavy atom. The lowest BCUT2D eigenvalue weighted by molar-refractivity contribution is -0.126. The molecule has 174 valence electrons. The zero-order valence-electron chi connectivity index (χ0n) is 18.5. The average Bonchev–Trinajstić information content (AvgIpc) is 3.28. The van der Waals surface area contributed by atoms with Gasteiger partial charge in [0, 0.05) is 5.56 Å². The number of nitrogens with one attached hydrogen (secondary N) is 3. The van der Waals surface area contributed by atoms with Gasteiger partial charge in [0.1, 0.15) is 11.6 Å². The summed E-state index contributed by atoms with van der Waals surface area (Å²) in [5.41, 5.74) is 6.34. The zero-order chi connectivity index (χ0) is 24.4. The third-order valence-corrected chi connectivity index (χ3v) is 6.28. The molecule has 1 atom stereocenters. The highest BCUT2D eigenvalue weighted by molar-refractivity contribution is 5.98. The lowest BCUT2D eigenvalue weighted by atomic mass is 9.74. The van der Waals surface area contributed by atoms with Crippen LogP contribution in [0.25, 0.3) is 5.69 Å². The van der Waals surface area contributed by atoms with Crippen LogP contribution in [0, 0.1) is 0 Å². The van der Waals surface area contributed by atoms with Gasteiger partial charge in [0.25, 0.3) is 17.4 Å². The zero-order valence-corrected chi connectivity index (χ0v) is 18.5. The van der Waals surface area contributed by atoms with Crippen molar-refractivity contribution in [3.63, 3.8) is 0 Å². The summed E-state index contributed by atoms with van der Waals surface area (Å²) in [6, 6.07) is 23.2. The summed E-state index contributed by atoms with van der Waals surface area (Å²) in [5.74, 6) is -0.780. The minimum Gasteiger partial charge on any atom is -0.272 e. The van der Waals surface area contributed by atoms with Crippen molar-refractivity contribution in [2.75, 3.05) is 0 Å². The lowest BCUT2D eigenvalue weighted by Crippen LogP contribution is -2.51. The number of hydrogen-bond donors (Lipinski definition) is 3. The molecular weight excluding hydrogens is 446 g/mol. The second kappa shape index (κ2) is 8.86. The van der Waals surface area contributed by atoms with Crippen molar-refractivity contribution in [1.29, 1.82) is 0 Å². The normalized spacial score (nSPS) is 16.3. The molecule has 1 unspecified atom stereocenters. The van der Waals surface area contributed by atoms with Gasteiger partial charge in [0.2, 0.25) is 0 Å². The topological polar surface area (TPSA) is 126 Å². The number of amides is 2. The molecule has 0 spiro atoms. The van der Waals surface area contributed by atoms with Gasteiger partial charge in [-0.05, 0) is 53.8 Å². The van der Waals surface area contributed by atoms with Crippen LogP contribution in [0.4, 0.5) is 0 Å². The minimum absolute atomic E-state index is 0.362. The maximum Gasteiger partial charge on any atom is 0.349 e. The molecule has 3 N–H and O–H groups in total. The molecule has 0 aliphatic heterocycles. The van der Waals surface area contributed by atoms with E-state index in [4.69, 9.17) is 0 Å². The van der Waals surface area contributed by atoms with E-state index < -0.39 is 22.6 Å². The van der Waals surface area contributed by atoms with E-state index in [2.05, 4.69) is 20.9 Å². The van der Waals surface area contributed by atoms with Crippen molar-refractivity contribution < 1.29 is 9.59 Å². The number of fused-ring (bicyclic) bond motifs is 1. The summed E-state index contributed by atoms with van der Waals surface area (Å²) in [7, 11) is 0. The molecule has 1 heterocycles. The van der Waals surface area contributed by atoms with Crippen LogP contribution in [0.2, 0.25) is 0 Å². The summed E-state index contributed by atoms with van der Waals surface area (Å²) in [4.78, 5) is 51.8. The van der Waals surface area contributed by atoms with E-state index in [9.17, 15) is 19.2 Å². The number of hydrazine groups is 1. The number of hydrogen-bond acceptors (Lipinski definition) is 5. The predicted molar refractivity (Wildman–Crippen MR) is 128 cm³/mol. The third kappa shape index (κ3) is 3.93. The number of benzene rings is 3. The van der Waals surface area contributed by atoms with E-state index in [1.807, 2.05) is 24.3 Å². The predicted octanol–water partition coefficient (Wildman–Crippen LogP) is 1.61. The van der Waals surface area contributed by atoms with Gasteiger partial charge >= 0.3 is 5.69 Å². The molecule has 1 aliphatic carbocycles. The summed E-state index contributed by atoms with van der Waals surface area (Å²) >= 11 is 0. The molecule has 9 heteroatoms. The Balaban J connectivity index is 1.50. The maximum absolute atomic E-state index is 13.7. The summed E-state index contributed by atoms with van der Waals surface area (Å²) in [6.07, 6.45) is 2.22. The molecule has 0 saturated heterocycles. The van der Waals surface area contributed by atoms with Gasteiger partial charge in [-0.15, -0.1) is 0 Å². The Hall–Kier alpha value is -4.79. The number of H-pyrrole nitrogens is 1. The van der Waals surface area contributed by atoms with Crippen molar-refractivity contribution in [1.82, 2.24) is 25.6 Å². The number of rotatable bonds is 4.